The van der Waals surface area contributed by atoms with Crippen molar-refractivity contribution in [2.75, 3.05) is 22.4 Å². The highest BCUT2D eigenvalue weighted by atomic mass is 16.5. The summed E-state index contributed by atoms with van der Waals surface area (Å²) in [7, 11) is 0. The zero-order valence-corrected chi connectivity index (χ0v) is 16.9. The summed E-state index contributed by atoms with van der Waals surface area (Å²) in [5.74, 6) is 2.02. The van der Waals surface area contributed by atoms with Crippen molar-refractivity contribution in [3.63, 3.8) is 0 Å². The van der Waals surface area contributed by atoms with E-state index in [1.54, 1.807) is 18.6 Å². The first kappa shape index (κ1) is 18.9. The number of hydrazine groups is 2. The summed E-state index contributed by atoms with van der Waals surface area (Å²) < 4.78 is 9.24. The van der Waals surface area contributed by atoms with Crippen LogP contribution in [-0.4, -0.2) is 36.1 Å². The first-order valence-corrected chi connectivity index (χ1v) is 9.97. The van der Waals surface area contributed by atoms with E-state index in [9.17, 15) is 0 Å². The summed E-state index contributed by atoms with van der Waals surface area (Å²) in [6.45, 7) is 4.06. The van der Waals surface area contributed by atoms with Crippen LogP contribution < -0.4 is 26.0 Å². The van der Waals surface area contributed by atoms with Crippen molar-refractivity contribution < 1.29 is 4.74 Å². The molecule has 1 aliphatic rings. The summed E-state index contributed by atoms with van der Waals surface area (Å²) in [6, 6.07) is 9.69. The molecule has 4 heterocycles. The second-order valence-corrected chi connectivity index (χ2v) is 6.82. The van der Waals surface area contributed by atoms with Gasteiger partial charge in [0.25, 0.3) is 0 Å². The summed E-state index contributed by atoms with van der Waals surface area (Å²) in [4.78, 5) is 9.04. The molecule has 0 saturated heterocycles. The van der Waals surface area contributed by atoms with E-state index in [0.717, 1.165) is 29.4 Å². The van der Waals surface area contributed by atoms with Crippen molar-refractivity contribution in [1.82, 2.24) is 35.1 Å². The smallest absolute Gasteiger partial charge is 0.229 e. The number of rotatable bonds is 8. The summed E-state index contributed by atoms with van der Waals surface area (Å²) in [6.07, 6.45) is 9.09. The van der Waals surface area contributed by atoms with E-state index >= 15 is 0 Å². The number of fused-ring (bicyclic) bond motifs is 1. The lowest BCUT2D eigenvalue weighted by atomic mass is 10.3. The van der Waals surface area contributed by atoms with Crippen LogP contribution in [-0.2, 0) is 13.1 Å². The van der Waals surface area contributed by atoms with Crippen LogP contribution in [0.4, 0.5) is 28.8 Å². The highest BCUT2D eigenvalue weighted by Crippen LogP contribution is 2.33. The van der Waals surface area contributed by atoms with Crippen LogP contribution in [0.25, 0.3) is 0 Å². The van der Waals surface area contributed by atoms with Crippen molar-refractivity contribution in [1.29, 1.82) is 0 Å². The fourth-order valence-electron chi connectivity index (χ4n) is 3.22. The monoisotopic (exact) mass is 418 g/mol. The number of aromatic nitrogens is 6. The minimum atomic E-state index is 0.479. The Morgan fingerprint density at radius 3 is 2.74 bits per heavy atom. The van der Waals surface area contributed by atoms with Gasteiger partial charge in [-0.3, -0.25) is 14.8 Å². The van der Waals surface area contributed by atoms with Crippen molar-refractivity contribution >= 4 is 28.8 Å². The maximum Gasteiger partial charge on any atom is 0.229 e. The maximum absolute atomic E-state index is 5.52. The number of nitrogens with one attached hydrogen (secondary N) is 3. The highest BCUT2D eigenvalue weighted by Gasteiger charge is 2.23. The van der Waals surface area contributed by atoms with Gasteiger partial charge in [-0.25, -0.2) is 9.99 Å². The minimum Gasteiger partial charge on any atom is -0.494 e. The molecule has 31 heavy (non-hydrogen) atoms. The average Bonchev–Trinajstić information content (AvgIpc) is 3.54. The molecule has 0 saturated carbocycles. The Bertz CT molecular complexity index is 1140. The second-order valence-electron chi connectivity index (χ2n) is 6.82. The Morgan fingerprint density at radius 2 is 1.94 bits per heavy atom. The minimum absolute atomic E-state index is 0.479. The average molecular weight is 418 g/mol. The second kappa shape index (κ2) is 8.32. The molecule has 3 N–H and O–H groups in total. The van der Waals surface area contributed by atoms with E-state index < -0.39 is 0 Å². The quantitative estimate of drug-likeness (QED) is 0.398. The first-order valence-electron chi connectivity index (χ1n) is 9.97. The first-order chi connectivity index (χ1) is 15.3. The lowest BCUT2D eigenvalue weighted by Crippen LogP contribution is -2.31. The van der Waals surface area contributed by atoms with Crippen LogP contribution >= 0.6 is 0 Å². The van der Waals surface area contributed by atoms with Gasteiger partial charge in [-0.05, 0) is 37.3 Å². The third-order valence-electron chi connectivity index (χ3n) is 4.70. The standard InChI is InChI=1S/C20H22N10O/c1-2-31-17-6-4-16(5-7-17)30-19-18(26-27-30)13-21-20(25-19)24-15-12-23-29(14-15)11-10-28-9-3-8-22-28/h3-9,12-14,26-27H,2,10-11H2,1H3,(H,21,24,25). The van der Waals surface area contributed by atoms with Crippen molar-refractivity contribution in [2.45, 2.75) is 20.0 Å². The van der Waals surface area contributed by atoms with Crippen LogP contribution in [0.3, 0.4) is 0 Å². The fourth-order valence-corrected chi connectivity index (χ4v) is 3.22. The Morgan fingerprint density at radius 1 is 1.06 bits per heavy atom. The third kappa shape index (κ3) is 4.12. The molecule has 0 atom stereocenters. The molecular weight excluding hydrogens is 396 g/mol. The highest BCUT2D eigenvalue weighted by molar-refractivity contribution is 5.76. The van der Waals surface area contributed by atoms with Gasteiger partial charge in [0, 0.05) is 18.6 Å². The van der Waals surface area contributed by atoms with Gasteiger partial charge in [-0.2, -0.15) is 15.2 Å². The molecule has 0 spiro atoms. The van der Waals surface area contributed by atoms with E-state index in [-0.39, 0.29) is 0 Å². The Balaban J connectivity index is 1.28. The molecule has 5 rings (SSSR count). The molecule has 0 bridgehead atoms. The number of aryl methyl sites for hydroxylation is 2. The van der Waals surface area contributed by atoms with Gasteiger partial charge in [0.15, 0.2) is 5.82 Å². The number of hydrogen-bond donors (Lipinski definition) is 3. The predicted molar refractivity (Wildman–Crippen MR) is 116 cm³/mol. The van der Waals surface area contributed by atoms with Gasteiger partial charge >= 0.3 is 0 Å². The topological polar surface area (TPSA) is 110 Å². The van der Waals surface area contributed by atoms with Crippen molar-refractivity contribution in [2.24, 2.45) is 0 Å². The molecule has 4 aromatic rings. The molecule has 0 radical (unpaired) electrons. The molecule has 158 valence electrons. The molecular formula is C20H22N10O. The van der Waals surface area contributed by atoms with Crippen LogP contribution in [0.2, 0.25) is 0 Å². The molecule has 0 aliphatic carbocycles. The van der Waals surface area contributed by atoms with Crippen molar-refractivity contribution in [3.05, 3.63) is 61.3 Å². The van der Waals surface area contributed by atoms with Crippen LogP contribution in [0, 0.1) is 0 Å². The van der Waals surface area contributed by atoms with Gasteiger partial charge in [-0.1, -0.05) is 0 Å². The number of ether oxygens (including phenoxy) is 1. The number of benzene rings is 1. The maximum atomic E-state index is 5.52. The van der Waals surface area contributed by atoms with Gasteiger partial charge in [0.05, 0.1) is 43.5 Å². The number of hydrogen-bond acceptors (Lipinski definition) is 9. The molecule has 0 amide bonds. The van der Waals surface area contributed by atoms with Crippen LogP contribution in [0.5, 0.6) is 5.75 Å². The fraction of sp³-hybridized carbons (Fsp3) is 0.200. The number of nitrogens with zero attached hydrogens (tertiary/aromatic N) is 7. The SMILES string of the molecule is CCOc1ccc(N2NNc3cnc(Nc4cnn(CCn5cccn5)c4)nc32)cc1. The van der Waals surface area contributed by atoms with E-state index in [2.05, 4.69) is 36.4 Å². The summed E-state index contributed by atoms with van der Waals surface area (Å²) >= 11 is 0. The van der Waals surface area contributed by atoms with Gasteiger partial charge in [-0.15, -0.1) is 5.53 Å². The molecule has 3 aromatic heterocycles. The van der Waals surface area contributed by atoms with Crippen LogP contribution in [0.15, 0.2) is 61.3 Å². The molecule has 0 fully saturated rings. The molecule has 0 unspecified atom stereocenters. The number of anilines is 5. The van der Waals surface area contributed by atoms with E-state index in [4.69, 9.17) is 4.74 Å². The Hall–Kier alpha value is -4.12. The van der Waals surface area contributed by atoms with Gasteiger partial charge < -0.3 is 10.1 Å². The van der Waals surface area contributed by atoms with E-state index in [1.807, 2.05) is 64.0 Å². The van der Waals surface area contributed by atoms with Crippen LogP contribution in [0.1, 0.15) is 6.92 Å². The zero-order valence-electron chi connectivity index (χ0n) is 16.9. The van der Waals surface area contributed by atoms with Gasteiger partial charge in [0.1, 0.15) is 11.4 Å². The molecule has 11 nitrogen and oxygen atoms in total. The third-order valence-corrected chi connectivity index (χ3v) is 4.70. The lowest BCUT2D eigenvalue weighted by Gasteiger charge is -2.17. The van der Waals surface area contributed by atoms with Gasteiger partial charge in [0.2, 0.25) is 5.95 Å². The Kier molecular flexibility index (Phi) is 5.07. The zero-order chi connectivity index (χ0) is 21.0. The molecule has 11 heteroatoms. The largest absolute Gasteiger partial charge is 0.494 e. The Labute approximate surface area is 178 Å². The van der Waals surface area contributed by atoms with E-state index in [1.165, 1.54) is 0 Å². The summed E-state index contributed by atoms with van der Waals surface area (Å²) in [5.41, 5.74) is 8.70. The van der Waals surface area contributed by atoms with E-state index in [0.29, 0.717) is 24.9 Å². The molecule has 1 aliphatic heterocycles. The normalized spacial score (nSPS) is 12.5. The summed E-state index contributed by atoms with van der Waals surface area (Å²) in [5, 5.41) is 13.6. The molecule has 1 aromatic carbocycles. The lowest BCUT2D eigenvalue weighted by molar-refractivity contribution is 0.340. The van der Waals surface area contributed by atoms with Crippen molar-refractivity contribution in [3.8, 4) is 5.75 Å². The predicted octanol–water partition coefficient (Wildman–Crippen LogP) is 2.70.